The van der Waals surface area contributed by atoms with E-state index in [1.807, 2.05) is 7.05 Å². The number of aliphatic carboxylic acids is 1. The summed E-state index contributed by atoms with van der Waals surface area (Å²) >= 11 is 0. The van der Waals surface area contributed by atoms with Gasteiger partial charge in [-0.25, -0.2) is 5.48 Å². The summed E-state index contributed by atoms with van der Waals surface area (Å²) in [4.78, 5) is 18.3. The number of piperidine rings is 1. The van der Waals surface area contributed by atoms with E-state index < -0.39 is 11.6 Å². The lowest BCUT2D eigenvalue weighted by Gasteiger charge is -2.38. The summed E-state index contributed by atoms with van der Waals surface area (Å²) in [5, 5.41) is 8.80. The molecule has 1 heterocycles. The summed E-state index contributed by atoms with van der Waals surface area (Å²) in [6, 6.07) is 0. The fraction of sp³-hybridized carbons (Fsp3) is 0.889. The van der Waals surface area contributed by atoms with E-state index in [-0.39, 0.29) is 6.42 Å². The van der Waals surface area contributed by atoms with Crippen molar-refractivity contribution in [2.75, 3.05) is 27.2 Å². The van der Waals surface area contributed by atoms with Gasteiger partial charge in [0.05, 0.1) is 6.42 Å². The Hall–Kier alpha value is -0.650. The van der Waals surface area contributed by atoms with Crippen LogP contribution in [0.15, 0.2) is 0 Å². The van der Waals surface area contributed by atoms with Crippen LogP contribution < -0.4 is 5.48 Å². The van der Waals surface area contributed by atoms with E-state index >= 15 is 0 Å². The van der Waals surface area contributed by atoms with Gasteiger partial charge in [0.1, 0.15) is 5.60 Å². The third-order valence-corrected chi connectivity index (χ3v) is 2.69. The number of carboxylic acid groups (broad SMARTS) is 1. The first-order chi connectivity index (χ1) is 6.58. The van der Waals surface area contributed by atoms with Gasteiger partial charge < -0.3 is 10.0 Å². The molecule has 0 aromatic carbocycles. The number of carbonyl (C=O) groups is 1. The first-order valence-corrected chi connectivity index (χ1v) is 4.83. The van der Waals surface area contributed by atoms with Crippen molar-refractivity contribution in [2.45, 2.75) is 24.9 Å². The Labute approximate surface area is 84.0 Å². The standard InChI is InChI=1S/C9H18N2O3/c1-10-14-9(7-8(12)13)3-5-11(2)6-4-9/h10H,3-7H2,1-2H3,(H,12,13). The number of nitrogens with one attached hydrogen (secondary N) is 1. The van der Waals surface area contributed by atoms with Gasteiger partial charge in [0.15, 0.2) is 0 Å². The predicted octanol–water partition coefficient (Wildman–Crippen LogP) is 0.0765. The smallest absolute Gasteiger partial charge is 0.306 e. The van der Waals surface area contributed by atoms with Gasteiger partial charge in [0, 0.05) is 20.1 Å². The number of rotatable bonds is 4. The zero-order valence-corrected chi connectivity index (χ0v) is 8.75. The number of hydrogen-bond acceptors (Lipinski definition) is 4. The van der Waals surface area contributed by atoms with Crippen molar-refractivity contribution in [2.24, 2.45) is 0 Å². The lowest BCUT2D eigenvalue weighted by molar-refractivity contribution is -0.160. The fourth-order valence-electron chi connectivity index (χ4n) is 1.83. The third kappa shape index (κ3) is 2.94. The van der Waals surface area contributed by atoms with E-state index in [1.165, 1.54) is 0 Å². The molecule has 0 aliphatic carbocycles. The van der Waals surface area contributed by atoms with Crippen molar-refractivity contribution in [3.8, 4) is 0 Å². The minimum Gasteiger partial charge on any atom is -0.481 e. The van der Waals surface area contributed by atoms with Crippen LogP contribution in [0.25, 0.3) is 0 Å². The molecule has 5 heteroatoms. The summed E-state index contributed by atoms with van der Waals surface area (Å²) in [6.07, 6.45) is 1.59. The average molecular weight is 202 g/mol. The maximum absolute atomic E-state index is 10.7. The van der Waals surface area contributed by atoms with E-state index in [9.17, 15) is 4.79 Å². The van der Waals surface area contributed by atoms with E-state index in [1.54, 1.807) is 7.05 Å². The van der Waals surface area contributed by atoms with Gasteiger partial charge in [0.25, 0.3) is 0 Å². The maximum atomic E-state index is 10.7. The average Bonchev–Trinajstić information content (AvgIpc) is 2.10. The Morgan fingerprint density at radius 1 is 1.57 bits per heavy atom. The minimum atomic E-state index is -0.801. The van der Waals surface area contributed by atoms with E-state index in [2.05, 4.69) is 10.4 Å². The molecule has 0 amide bonds. The number of nitrogens with zero attached hydrogens (tertiary/aromatic N) is 1. The molecule has 0 aromatic rings. The first kappa shape index (κ1) is 11.4. The third-order valence-electron chi connectivity index (χ3n) is 2.69. The van der Waals surface area contributed by atoms with Crippen molar-refractivity contribution in [3.05, 3.63) is 0 Å². The Morgan fingerprint density at radius 3 is 2.57 bits per heavy atom. The van der Waals surface area contributed by atoms with Gasteiger partial charge in [-0.2, -0.15) is 0 Å². The van der Waals surface area contributed by atoms with Crippen LogP contribution in [0.2, 0.25) is 0 Å². The van der Waals surface area contributed by atoms with Gasteiger partial charge in [0.2, 0.25) is 0 Å². The second kappa shape index (κ2) is 4.72. The molecule has 1 saturated heterocycles. The van der Waals surface area contributed by atoms with E-state index in [4.69, 9.17) is 9.94 Å². The van der Waals surface area contributed by atoms with Crippen LogP contribution in [0.5, 0.6) is 0 Å². The molecular weight excluding hydrogens is 184 g/mol. The maximum Gasteiger partial charge on any atom is 0.306 e. The lowest BCUT2D eigenvalue weighted by Crippen LogP contribution is -2.48. The molecule has 1 rings (SSSR count). The molecular formula is C9H18N2O3. The zero-order chi connectivity index (χ0) is 10.6. The molecule has 0 unspecified atom stereocenters. The van der Waals surface area contributed by atoms with Gasteiger partial charge in [-0.3, -0.25) is 9.63 Å². The highest BCUT2D eigenvalue weighted by molar-refractivity contribution is 5.68. The number of likely N-dealkylation sites (tertiary alicyclic amines) is 1. The Bertz CT molecular complexity index is 200. The summed E-state index contributed by atoms with van der Waals surface area (Å²) < 4.78 is 0. The van der Waals surface area contributed by atoms with Crippen LogP contribution in [-0.4, -0.2) is 48.8 Å². The van der Waals surface area contributed by atoms with Crippen LogP contribution in [0.1, 0.15) is 19.3 Å². The highest BCUT2D eigenvalue weighted by Crippen LogP contribution is 2.28. The van der Waals surface area contributed by atoms with Gasteiger partial charge in [-0.15, -0.1) is 0 Å². The molecule has 0 saturated carbocycles. The van der Waals surface area contributed by atoms with Crippen LogP contribution in [0, 0.1) is 0 Å². The van der Waals surface area contributed by atoms with Gasteiger partial charge in [-0.05, 0) is 19.9 Å². The summed E-state index contributed by atoms with van der Waals surface area (Å²) in [6.45, 7) is 1.77. The van der Waals surface area contributed by atoms with Crippen molar-refractivity contribution in [1.29, 1.82) is 0 Å². The molecule has 0 bridgehead atoms. The largest absolute Gasteiger partial charge is 0.481 e. The Kier molecular flexibility index (Phi) is 3.86. The van der Waals surface area contributed by atoms with Gasteiger partial charge in [-0.1, -0.05) is 0 Å². The second-order valence-corrected chi connectivity index (χ2v) is 3.86. The number of hydroxylamine groups is 1. The number of carboxylic acids is 1. The van der Waals surface area contributed by atoms with Crippen LogP contribution in [0.3, 0.4) is 0 Å². The highest BCUT2D eigenvalue weighted by Gasteiger charge is 2.37. The van der Waals surface area contributed by atoms with Gasteiger partial charge >= 0.3 is 5.97 Å². The quantitative estimate of drug-likeness (QED) is 0.632. The molecule has 82 valence electrons. The first-order valence-electron chi connectivity index (χ1n) is 4.83. The molecule has 0 atom stereocenters. The molecule has 2 N–H and O–H groups in total. The summed E-state index contributed by atoms with van der Waals surface area (Å²) in [5.74, 6) is -0.801. The topological polar surface area (TPSA) is 61.8 Å². The van der Waals surface area contributed by atoms with Crippen LogP contribution in [0.4, 0.5) is 0 Å². The molecule has 0 radical (unpaired) electrons. The summed E-state index contributed by atoms with van der Waals surface area (Å²) in [5.41, 5.74) is 2.10. The van der Waals surface area contributed by atoms with Crippen molar-refractivity contribution in [3.63, 3.8) is 0 Å². The normalized spacial score (nSPS) is 22.1. The lowest BCUT2D eigenvalue weighted by atomic mass is 9.88. The molecule has 14 heavy (non-hydrogen) atoms. The zero-order valence-electron chi connectivity index (χ0n) is 8.75. The van der Waals surface area contributed by atoms with E-state index in [0.29, 0.717) is 0 Å². The fourth-order valence-corrected chi connectivity index (χ4v) is 1.83. The monoisotopic (exact) mass is 202 g/mol. The summed E-state index contributed by atoms with van der Waals surface area (Å²) in [7, 11) is 3.70. The Morgan fingerprint density at radius 2 is 2.14 bits per heavy atom. The highest BCUT2D eigenvalue weighted by atomic mass is 16.7. The predicted molar refractivity (Wildman–Crippen MR) is 51.9 cm³/mol. The SMILES string of the molecule is CNOC1(CC(=O)O)CCN(C)CC1. The van der Waals surface area contributed by atoms with E-state index in [0.717, 1.165) is 25.9 Å². The molecule has 5 nitrogen and oxygen atoms in total. The van der Waals surface area contributed by atoms with Crippen molar-refractivity contribution < 1.29 is 14.7 Å². The number of hydrogen-bond donors (Lipinski definition) is 2. The van der Waals surface area contributed by atoms with Crippen molar-refractivity contribution >= 4 is 5.97 Å². The van der Waals surface area contributed by atoms with Crippen molar-refractivity contribution in [1.82, 2.24) is 10.4 Å². The van der Waals surface area contributed by atoms with Crippen LogP contribution >= 0.6 is 0 Å². The molecule has 0 aromatic heterocycles. The molecule has 1 aliphatic rings. The second-order valence-electron chi connectivity index (χ2n) is 3.86. The van der Waals surface area contributed by atoms with Crippen LogP contribution in [-0.2, 0) is 9.63 Å². The Balaban J connectivity index is 2.57. The minimum absolute atomic E-state index is 0.0711. The molecule has 0 spiro atoms. The molecule has 1 fully saturated rings. The molecule has 1 aliphatic heterocycles.